The van der Waals surface area contributed by atoms with Gasteiger partial charge in [-0.2, -0.15) is 0 Å². The number of thioether (sulfide) groups is 1. The number of hydrogen-bond donors (Lipinski definition) is 0. The van der Waals surface area contributed by atoms with Crippen molar-refractivity contribution in [1.29, 1.82) is 0 Å². The van der Waals surface area contributed by atoms with Crippen LogP contribution >= 0.6 is 11.8 Å². The number of nitrogens with zero attached hydrogens (tertiary/aromatic N) is 1. The molecule has 0 amide bonds. The summed E-state index contributed by atoms with van der Waals surface area (Å²) >= 11 is 1.65. The Morgan fingerprint density at radius 1 is 1.30 bits per heavy atom. The van der Waals surface area contributed by atoms with Gasteiger partial charge in [0.2, 0.25) is 0 Å². The summed E-state index contributed by atoms with van der Waals surface area (Å²) in [6, 6.07) is 10.2. The van der Waals surface area contributed by atoms with Gasteiger partial charge in [0, 0.05) is 16.9 Å². The number of esters is 1. The second-order valence-corrected chi connectivity index (χ2v) is 7.97. The Kier molecular flexibility index (Phi) is 3.33. The third-order valence-electron chi connectivity index (χ3n) is 3.97. The Bertz CT molecular complexity index is 511. The SMILES string of the molecule is CC(C)(C)[C@H]1OC(=O)[C@]2(Sc3ccccc3)CCCN12. The standard InChI is InChI=1S/C16H21NO2S/c1-15(2,3)13-17-11-7-10-16(17,14(18)19-13)20-12-8-5-4-6-9-12/h4-6,8-9,13H,7,10-11H2,1-3H3/t13-,16-/m1/s1. The first-order valence-corrected chi connectivity index (χ1v) is 7.97. The zero-order valence-electron chi connectivity index (χ0n) is 12.3. The lowest BCUT2D eigenvalue weighted by Crippen LogP contribution is -2.46. The van der Waals surface area contributed by atoms with E-state index < -0.39 is 4.87 Å². The maximum Gasteiger partial charge on any atom is 0.339 e. The fourth-order valence-electron chi connectivity index (χ4n) is 3.08. The van der Waals surface area contributed by atoms with Crippen molar-refractivity contribution in [2.45, 2.75) is 49.6 Å². The van der Waals surface area contributed by atoms with Crippen LogP contribution in [-0.2, 0) is 9.53 Å². The molecule has 2 heterocycles. The second-order valence-electron chi connectivity index (χ2n) is 6.62. The Labute approximate surface area is 124 Å². The topological polar surface area (TPSA) is 29.5 Å². The predicted molar refractivity (Wildman–Crippen MR) is 80.3 cm³/mol. The van der Waals surface area contributed by atoms with Crippen molar-refractivity contribution < 1.29 is 9.53 Å². The Morgan fingerprint density at radius 2 is 2.00 bits per heavy atom. The first kappa shape index (κ1) is 14.0. The zero-order valence-corrected chi connectivity index (χ0v) is 13.1. The summed E-state index contributed by atoms with van der Waals surface area (Å²) in [4.78, 5) is 15.4. The minimum atomic E-state index is -0.515. The van der Waals surface area contributed by atoms with Crippen molar-refractivity contribution in [3.63, 3.8) is 0 Å². The van der Waals surface area contributed by atoms with E-state index in [2.05, 4.69) is 37.8 Å². The van der Waals surface area contributed by atoms with E-state index in [4.69, 9.17) is 4.74 Å². The maximum absolute atomic E-state index is 12.6. The highest BCUT2D eigenvalue weighted by Crippen LogP contribution is 2.51. The number of fused-ring (bicyclic) bond motifs is 1. The Balaban J connectivity index is 1.93. The van der Waals surface area contributed by atoms with Gasteiger partial charge < -0.3 is 4.74 Å². The van der Waals surface area contributed by atoms with Crippen molar-refractivity contribution in [2.24, 2.45) is 5.41 Å². The molecule has 2 aliphatic rings. The lowest BCUT2D eigenvalue weighted by molar-refractivity contribution is -0.148. The molecular formula is C16H21NO2S. The van der Waals surface area contributed by atoms with Crippen LogP contribution in [0.5, 0.6) is 0 Å². The van der Waals surface area contributed by atoms with Gasteiger partial charge in [0.25, 0.3) is 0 Å². The lowest BCUT2D eigenvalue weighted by Gasteiger charge is -2.34. The molecule has 2 saturated heterocycles. The van der Waals surface area contributed by atoms with Crippen molar-refractivity contribution >= 4 is 17.7 Å². The number of hydrogen-bond acceptors (Lipinski definition) is 4. The van der Waals surface area contributed by atoms with Crippen LogP contribution in [-0.4, -0.2) is 28.5 Å². The van der Waals surface area contributed by atoms with E-state index in [0.29, 0.717) is 0 Å². The molecule has 0 N–H and O–H groups in total. The average Bonchev–Trinajstić information content (AvgIpc) is 2.90. The van der Waals surface area contributed by atoms with Gasteiger partial charge in [-0.05, 0) is 25.0 Å². The van der Waals surface area contributed by atoms with E-state index in [1.165, 1.54) is 0 Å². The van der Waals surface area contributed by atoms with Crippen molar-refractivity contribution in [2.75, 3.05) is 6.54 Å². The minimum Gasteiger partial charge on any atom is -0.444 e. The number of benzene rings is 1. The Hall–Kier alpha value is -1.00. The predicted octanol–water partition coefficient (Wildman–Crippen LogP) is 3.50. The van der Waals surface area contributed by atoms with Crippen LogP contribution in [0.2, 0.25) is 0 Å². The molecule has 0 aromatic heterocycles. The average molecular weight is 291 g/mol. The molecule has 20 heavy (non-hydrogen) atoms. The summed E-state index contributed by atoms with van der Waals surface area (Å²) in [5.74, 6) is -0.0659. The molecule has 4 heteroatoms. The largest absolute Gasteiger partial charge is 0.444 e. The third kappa shape index (κ3) is 2.15. The van der Waals surface area contributed by atoms with Gasteiger partial charge in [0.15, 0.2) is 11.1 Å². The summed E-state index contributed by atoms with van der Waals surface area (Å²) in [7, 11) is 0. The number of cyclic esters (lactones) is 1. The fraction of sp³-hybridized carbons (Fsp3) is 0.562. The summed E-state index contributed by atoms with van der Waals surface area (Å²) in [5.41, 5.74) is -0.0565. The summed E-state index contributed by atoms with van der Waals surface area (Å²) < 4.78 is 5.73. The van der Waals surface area contributed by atoms with Crippen LogP contribution in [0.15, 0.2) is 35.2 Å². The molecule has 1 aromatic carbocycles. The number of rotatable bonds is 2. The van der Waals surface area contributed by atoms with Gasteiger partial charge in [0.1, 0.15) is 0 Å². The van der Waals surface area contributed by atoms with Gasteiger partial charge >= 0.3 is 5.97 Å². The van der Waals surface area contributed by atoms with Crippen LogP contribution < -0.4 is 0 Å². The molecule has 0 aliphatic carbocycles. The molecule has 3 rings (SSSR count). The molecule has 2 fully saturated rings. The lowest BCUT2D eigenvalue weighted by atomic mass is 9.93. The maximum atomic E-state index is 12.6. The smallest absolute Gasteiger partial charge is 0.339 e. The van der Waals surface area contributed by atoms with E-state index in [-0.39, 0.29) is 17.6 Å². The second kappa shape index (κ2) is 4.78. The van der Waals surface area contributed by atoms with E-state index in [0.717, 1.165) is 24.3 Å². The Morgan fingerprint density at radius 3 is 2.65 bits per heavy atom. The van der Waals surface area contributed by atoms with Crippen LogP contribution in [0, 0.1) is 5.41 Å². The molecule has 0 unspecified atom stereocenters. The van der Waals surface area contributed by atoms with E-state index in [1.807, 2.05) is 18.2 Å². The van der Waals surface area contributed by atoms with Crippen molar-refractivity contribution in [3.05, 3.63) is 30.3 Å². The molecule has 3 nitrogen and oxygen atoms in total. The van der Waals surface area contributed by atoms with Crippen LogP contribution in [0.1, 0.15) is 33.6 Å². The van der Waals surface area contributed by atoms with Gasteiger partial charge in [-0.15, -0.1) is 0 Å². The van der Waals surface area contributed by atoms with E-state index in [1.54, 1.807) is 11.8 Å². The van der Waals surface area contributed by atoms with Crippen LogP contribution in [0.4, 0.5) is 0 Å². The molecule has 2 aliphatic heterocycles. The number of carbonyl (C=O) groups excluding carboxylic acids is 1. The molecule has 0 radical (unpaired) electrons. The molecular weight excluding hydrogens is 270 g/mol. The van der Waals surface area contributed by atoms with Crippen molar-refractivity contribution in [1.82, 2.24) is 4.90 Å². The van der Waals surface area contributed by atoms with Gasteiger partial charge in [-0.1, -0.05) is 50.7 Å². The summed E-state index contributed by atoms with van der Waals surface area (Å²) in [6.07, 6.45) is 1.81. The summed E-state index contributed by atoms with van der Waals surface area (Å²) in [5, 5.41) is 0. The summed E-state index contributed by atoms with van der Waals surface area (Å²) in [6.45, 7) is 7.33. The monoisotopic (exact) mass is 291 g/mol. The van der Waals surface area contributed by atoms with Crippen LogP contribution in [0.25, 0.3) is 0 Å². The molecule has 2 atom stereocenters. The molecule has 0 saturated carbocycles. The van der Waals surface area contributed by atoms with Gasteiger partial charge in [-0.3, -0.25) is 0 Å². The first-order valence-electron chi connectivity index (χ1n) is 7.15. The normalized spacial score (nSPS) is 30.4. The quantitative estimate of drug-likeness (QED) is 0.780. The van der Waals surface area contributed by atoms with E-state index in [9.17, 15) is 4.79 Å². The van der Waals surface area contributed by atoms with E-state index >= 15 is 0 Å². The zero-order chi connectivity index (χ0) is 14.4. The minimum absolute atomic E-state index is 0.0565. The highest BCUT2D eigenvalue weighted by molar-refractivity contribution is 8.01. The van der Waals surface area contributed by atoms with Crippen LogP contribution in [0.3, 0.4) is 0 Å². The number of ether oxygens (including phenoxy) is 1. The highest BCUT2D eigenvalue weighted by atomic mass is 32.2. The van der Waals surface area contributed by atoms with Gasteiger partial charge in [0.05, 0.1) is 0 Å². The highest BCUT2D eigenvalue weighted by Gasteiger charge is 2.60. The molecule has 108 valence electrons. The molecule has 0 bridgehead atoms. The number of carbonyl (C=O) groups is 1. The molecule has 1 aromatic rings. The molecule has 0 spiro atoms. The third-order valence-corrected chi connectivity index (χ3v) is 5.42. The first-order chi connectivity index (χ1) is 9.43. The van der Waals surface area contributed by atoms with Crippen molar-refractivity contribution in [3.8, 4) is 0 Å². The fourth-order valence-corrected chi connectivity index (χ4v) is 4.44. The van der Waals surface area contributed by atoms with Gasteiger partial charge in [-0.25, -0.2) is 9.69 Å².